The predicted octanol–water partition coefficient (Wildman–Crippen LogP) is 14.4. The third-order valence-corrected chi connectivity index (χ3v) is 15.1. The SMILES string of the molecule is C/C=C(\C=C1/Cc2ccccc2C1(C)C)C1=c2cc(-c3ccc4c(c3)C=CCC=C4)ccc2=C(c2ccccc2-c2ccc3c(c2)C(C)(C)c2ccccc2-3)C2(C)CC=CC=C12. The maximum absolute atomic E-state index is 2.55. The van der Waals surface area contributed by atoms with Gasteiger partial charge in [0.05, 0.1) is 0 Å². The second kappa shape index (κ2) is 14.3. The summed E-state index contributed by atoms with van der Waals surface area (Å²) in [5.41, 5.74) is 23.8. The molecule has 0 bridgehead atoms. The minimum Gasteiger partial charge on any atom is -0.0833 e. The number of hydrogen-bond acceptors (Lipinski definition) is 0. The van der Waals surface area contributed by atoms with Crippen molar-refractivity contribution in [1.29, 1.82) is 0 Å². The largest absolute Gasteiger partial charge is 0.0833 e. The first kappa shape index (κ1) is 38.4. The van der Waals surface area contributed by atoms with E-state index in [1.54, 1.807) is 0 Å². The average molecular weight is 799 g/mol. The van der Waals surface area contributed by atoms with Crippen molar-refractivity contribution in [1.82, 2.24) is 0 Å². The van der Waals surface area contributed by atoms with Gasteiger partial charge in [0.25, 0.3) is 0 Å². The molecule has 0 saturated heterocycles. The van der Waals surface area contributed by atoms with Crippen LogP contribution >= 0.6 is 0 Å². The molecule has 0 saturated carbocycles. The van der Waals surface area contributed by atoms with E-state index in [1.165, 1.54) is 111 Å². The Kier molecular flexibility index (Phi) is 8.85. The van der Waals surface area contributed by atoms with E-state index >= 15 is 0 Å². The molecule has 1 atom stereocenters. The molecule has 5 aliphatic carbocycles. The lowest BCUT2D eigenvalue weighted by molar-refractivity contribution is 0.547. The Hall–Kier alpha value is -6.50. The lowest BCUT2D eigenvalue weighted by Gasteiger charge is -2.41. The number of benzene rings is 6. The lowest BCUT2D eigenvalue weighted by Crippen LogP contribution is -2.43. The van der Waals surface area contributed by atoms with Gasteiger partial charge in [-0.25, -0.2) is 0 Å². The summed E-state index contributed by atoms with van der Waals surface area (Å²) in [6, 6.07) is 48.8. The summed E-state index contributed by atoms with van der Waals surface area (Å²) in [4.78, 5) is 0. The zero-order valence-corrected chi connectivity index (χ0v) is 36.9. The zero-order chi connectivity index (χ0) is 42.4. The van der Waals surface area contributed by atoms with E-state index in [2.05, 4.69) is 224 Å². The molecule has 6 aromatic carbocycles. The molecule has 0 nitrogen and oxygen atoms in total. The fraction of sp³-hybridized carbons (Fsp3) is 0.194. The van der Waals surface area contributed by atoms with Crippen molar-refractivity contribution in [2.45, 2.75) is 71.6 Å². The smallest absolute Gasteiger partial charge is 0.0227 e. The van der Waals surface area contributed by atoms with Crippen LogP contribution in [0.3, 0.4) is 0 Å². The minimum atomic E-state index is -0.275. The normalized spacial score (nSPS) is 20.5. The summed E-state index contributed by atoms with van der Waals surface area (Å²) in [7, 11) is 0. The standard InChI is InChI=1S/C62H54/c1-7-40(36-47-37-46-21-11-15-25-54(46)60(47,2)3)58-53-38-44(43-29-28-41-19-9-8-10-20-42(41)35-43)30-33-52(53)59(62(6)34-18-17-27-56(58)62)51-24-13-12-22-48(51)45-31-32-50-49-23-14-16-26-55(49)61(4,5)57(50)39-45/h7,9-33,35-36,38-39H,8,34,37H2,1-6H3/b40-7+,47-36+. The molecule has 0 heterocycles. The molecule has 0 N–H and O–H groups in total. The summed E-state index contributed by atoms with van der Waals surface area (Å²) in [5.74, 6) is 0. The molecule has 1 unspecified atom stereocenters. The average Bonchev–Trinajstić information content (AvgIpc) is 3.52. The Bertz CT molecular complexity index is 3210. The summed E-state index contributed by atoms with van der Waals surface area (Å²) in [6.07, 6.45) is 24.0. The van der Waals surface area contributed by atoms with Gasteiger partial charge in [0.2, 0.25) is 0 Å². The fourth-order valence-corrected chi connectivity index (χ4v) is 11.6. The number of hydrogen-bond donors (Lipinski definition) is 0. The van der Waals surface area contributed by atoms with E-state index in [9.17, 15) is 0 Å². The summed E-state index contributed by atoms with van der Waals surface area (Å²) in [6.45, 7) is 14.3. The van der Waals surface area contributed by atoms with Gasteiger partial charge in [-0.2, -0.15) is 0 Å². The third-order valence-electron chi connectivity index (χ3n) is 15.1. The van der Waals surface area contributed by atoms with Crippen LogP contribution in [0.5, 0.6) is 0 Å². The van der Waals surface area contributed by atoms with Crippen LogP contribution in [0.4, 0.5) is 0 Å². The van der Waals surface area contributed by atoms with Crippen LogP contribution in [0.25, 0.3) is 56.7 Å². The van der Waals surface area contributed by atoms with Gasteiger partial charge in [-0.15, -0.1) is 0 Å². The Morgan fingerprint density at radius 2 is 1.23 bits per heavy atom. The van der Waals surface area contributed by atoms with E-state index in [4.69, 9.17) is 0 Å². The first-order valence-corrected chi connectivity index (χ1v) is 22.6. The monoisotopic (exact) mass is 798 g/mol. The van der Waals surface area contributed by atoms with Crippen LogP contribution in [0.15, 0.2) is 187 Å². The number of allylic oxidation sites excluding steroid dienone is 10. The molecule has 0 heteroatoms. The van der Waals surface area contributed by atoms with Crippen molar-refractivity contribution < 1.29 is 0 Å². The molecular weight excluding hydrogens is 745 g/mol. The Morgan fingerprint density at radius 1 is 0.548 bits per heavy atom. The van der Waals surface area contributed by atoms with Crippen LogP contribution in [-0.4, -0.2) is 0 Å². The van der Waals surface area contributed by atoms with Gasteiger partial charge in [-0.05, 0) is 149 Å². The molecule has 0 aromatic heterocycles. The highest BCUT2D eigenvalue weighted by molar-refractivity contribution is 5.96. The van der Waals surface area contributed by atoms with Crippen LogP contribution in [0.2, 0.25) is 0 Å². The first-order valence-electron chi connectivity index (χ1n) is 22.6. The molecule has 62 heavy (non-hydrogen) atoms. The molecule has 0 amide bonds. The summed E-state index contributed by atoms with van der Waals surface area (Å²) < 4.78 is 0. The maximum atomic E-state index is 2.55. The van der Waals surface area contributed by atoms with E-state index in [0.29, 0.717) is 0 Å². The topological polar surface area (TPSA) is 0 Å². The van der Waals surface area contributed by atoms with E-state index in [0.717, 1.165) is 19.3 Å². The molecule has 0 aliphatic heterocycles. The van der Waals surface area contributed by atoms with Crippen molar-refractivity contribution in [3.05, 3.63) is 236 Å². The first-order chi connectivity index (χ1) is 30.1. The quantitative estimate of drug-likeness (QED) is 0.163. The van der Waals surface area contributed by atoms with Gasteiger partial charge in [-0.3, -0.25) is 0 Å². The Labute approximate surface area is 368 Å². The van der Waals surface area contributed by atoms with E-state index in [-0.39, 0.29) is 16.2 Å². The molecule has 302 valence electrons. The van der Waals surface area contributed by atoms with Crippen molar-refractivity contribution >= 4 is 23.3 Å². The van der Waals surface area contributed by atoms with Gasteiger partial charge in [0, 0.05) is 16.2 Å². The Morgan fingerprint density at radius 3 is 2.03 bits per heavy atom. The molecule has 0 spiro atoms. The molecule has 6 aromatic rings. The number of rotatable bonds is 5. The molecule has 0 radical (unpaired) electrons. The van der Waals surface area contributed by atoms with Crippen LogP contribution < -0.4 is 10.4 Å². The van der Waals surface area contributed by atoms with Crippen molar-refractivity contribution in [2.75, 3.05) is 0 Å². The highest BCUT2D eigenvalue weighted by Gasteiger charge is 2.42. The second-order valence-corrected chi connectivity index (χ2v) is 19.3. The molecule has 5 aliphatic rings. The van der Waals surface area contributed by atoms with Gasteiger partial charge < -0.3 is 0 Å². The fourth-order valence-electron chi connectivity index (χ4n) is 11.6. The molecular formula is C62H54. The lowest BCUT2D eigenvalue weighted by atomic mass is 9.61. The third kappa shape index (κ3) is 5.80. The predicted molar refractivity (Wildman–Crippen MR) is 264 cm³/mol. The Balaban J connectivity index is 1.19. The molecule has 0 fully saturated rings. The highest BCUT2D eigenvalue weighted by atomic mass is 14.4. The van der Waals surface area contributed by atoms with Crippen LogP contribution in [0, 0.1) is 5.41 Å². The summed E-state index contributed by atoms with van der Waals surface area (Å²) in [5, 5.41) is 2.63. The zero-order valence-electron chi connectivity index (χ0n) is 36.9. The number of fused-ring (bicyclic) bond motifs is 7. The van der Waals surface area contributed by atoms with Crippen molar-refractivity contribution in [2.24, 2.45) is 5.41 Å². The van der Waals surface area contributed by atoms with E-state index < -0.39 is 0 Å². The van der Waals surface area contributed by atoms with Gasteiger partial charge in [-0.1, -0.05) is 204 Å². The maximum Gasteiger partial charge on any atom is 0.0227 e. The van der Waals surface area contributed by atoms with Crippen molar-refractivity contribution in [3.8, 4) is 33.4 Å². The van der Waals surface area contributed by atoms with Crippen molar-refractivity contribution in [3.63, 3.8) is 0 Å². The van der Waals surface area contributed by atoms with Crippen LogP contribution in [0.1, 0.15) is 93.3 Å². The molecule has 11 rings (SSSR count). The summed E-state index contributed by atoms with van der Waals surface area (Å²) >= 11 is 0. The second-order valence-electron chi connectivity index (χ2n) is 19.3. The van der Waals surface area contributed by atoms with E-state index in [1.807, 2.05) is 0 Å². The van der Waals surface area contributed by atoms with Crippen LogP contribution in [-0.2, 0) is 17.3 Å². The van der Waals surface area contributed by atoms with Gasteiger partial charge >= 0.3 is 0 Å². The highest BCUT2D eigenvalue weighted by Crippen LogP contribution is 2.54. The minimum absolute atomic E-state index is 0.0548. The van der Waals surface area contributed by atoms with Gasteiger partial charge in [0.15, 0.2) is 0 Å². The van der Waals surface area contributed by atoms with Gasteiger partial charge in [0.1, 0.15) is 0 Å².